The van der Waals surface area contributed by atoms with E-state index in [0.29, 0.717) is 22.6 Å². The molecule has 31 heavy (non-hydrogen) atoms. The zero-order valence-corrected chi connectivity index (χ0v) is 17.4. The summed E-state index contributed by atoms with van der Waals surface area (Å²) in [5, 5.41) is 2.66. The second-order valence-electron chi connectivity index (χ2n) is 8.38. The molecule has 2 aromatic carbocycles. The van der Waals surface area contributed by atoms with E-state index in [0.717, 1.165) is 24.3 Å². The molecule has 1 saturated heterocycles. The quantitative estimate of drug-likeness (QED) is 0.739. The fraction of sp³-hybridized carbons (Fsp3) is 0.381. The molecule has 4 rings (SSSR count). The van der Waals surface area contributed by atoms with E-state index in [1.165, 1.54) is 0 Å². The Hall–Kier alpha value is -2.72. The summed E-state index contributed by atoms with van der Waals surface area (Å²) in [7, 11) is -0.680. The van der Waals surface area contributed by atoms with Gasteiger partial charge in [0.25, 0.3) is 5.91 Å². The van der Waals surface area contributed by atoms with Crippen molar-refractivity contribution in [1.29, 1.82) is 0 Å². The second-order valence-corrected chi connectivity index (χ2v) is 8.38. The summed E-state index contributed by atoms with van der Waals surface area (Å²) in [5.74, 6) is 0.131. The lowest BCUT2D eigenvalue weighted by Crippen LogP contribution is -2.41. The van der Waals surface area contributed by atoms with E-state index in [4.69, 9.17) is 18.8 Å². The molecule has 2 heterocycles. The number of rotatable bonds is 3. The molecule has 1 fully saturated rings. The molecule has 0 aliphatic carbocycles. The molecule has 0 atom stereocenters. The minimum absolute atomic E-state index is 0.0466. The van der Waals surface area contributed by atoms with E-state index in [2.05, 4.69) is 5.32 Å². The molecule has 10 heteroatoms. The highest BCUT2D eigenvalue weighted by atomic mass is 19.4. The number of halogens is 3. The summed E-state index contributed by atoms with van der Waals surface area (Å²) in [6.45, 7) is 7.69. The maximum atomic E-state index is 12.7. The molecule has 0 saturated carbocycles. The Bertz CT molecular complexity index is 1000. The zero-order chi connectivity index (χ0) is 22.6. The van der Waals surface area contributed by atoms with Crippen molar-refractivity contribution in [3.05, 3.63) is 47.5 Å². The van der Waals surface area contributed by atoms with Crippen LogP contribution in [0.15, 0.2) is 36.4 Å². The third-order valence-corrected chi connectivity index (χ3v) is 5.78. The summed E-state index contributed by atoms with van der Waals surface area (Å²) in [6, 6.07) is 7.29. The van der Waals surface area contributed by atoms with Crippen molar-refractivity contribution in [2.24, 2.45) is 0 Å². The van der Waals surface area contributed by atoms with Gasteiger partial charge in [-0.25, -0.2) is 0 Å². The fourth-order valence-electron chi connectivity index (χ4n) is 3.28. The smallest absolute Gasteiger partial charge is 0.454 e. The number of alkyl halides is 3. The van der Waals surface area contributed by atoms with Crippen LogP contribution >= 0.6 is 0 Å². The van der Waals surface area contributed by atoms with Gasteiger partial charge in [0, 0.05) is 11.0 Å². The van der Waals surface area contributed by atoms with Crippen LogP contribution in [0, 0.1) is 0 Å². The maximum absolute atomic E-state index is 12.7. The van der Waals surface area contributed by atoms with Gasteiger partial charge in [0.1, 0.15) is 0 Å². The number of hydrogen-bond acceptors (Lipinski definition) is 5. The molecule has 2 aliphatic heterocycles. The number of carbonyl (C=O) groups is 1. The minimum atomic E-state index is -4.47. The van der Waals surface area contributed by atoms with E-state index in [9.17, 15) is 18.0 Å². The lowest BCUT2D eigenvalue weighted by molar-refractivity contribution is -0.137. The van der Waals surface area contributed by atoms with Crippen molar-refractivity contribution in [2.75, 3.05) is 12.1 Å². The maximum Gasteiger partial charge on any atom is 0.498 e. The van der Waals surface area contributed by atoms with E-state index in [1.807, 2.05) is 27.7 Å². The number of benzene rings is 2. The van der Waals surface area contributed by atoms with Crippen LogP contribution in [0.5, 0.6) is 11.5 Å². The SMILES string of the molecule is CC1(C)OB(c2ccc(NC(=O)c3ccc(C(F)(F)F)cc3)c3c2OCO3)OC1(C)C. The van der Waals surface area contributed by atoms with Crippen molar-refractivity contribution in [2.45, 2.75) is 45.1 Å². The first-order valence-electron chi connectivity index (χ1n) is 9.66. The van der Waals surface area contributed by atoms with Crippen LogP contribution < -0.4 is 20.3 Å². The number of nitrogens with one attached hydrogen (secondary N) is 1. The molecular formula is C21H21BF3NO5. The van der Waals surface area contributed by atoms with Gasteiger partial charge in [0.05, 0.1) is 22.5 Å². The van der Waals surface area contributed by atoms with Gasteiger partial charge < -0.3 is 24.1 Å². The third-order valence-electron chi connectivity index (χ3n) is 5.78. The molecule has 0 unspecified atom stereocenters. The molecule has 164 valence electrons. The van der Waals surface area contributed by atoms with Crippen molar-refractivity contribution in [1.82, 2.24) is 0 Å². The number of amides is 1. The summed E-state index contributed by atoms with van der Waals surface area (Å²) in [4.78, 5) is 12.5. The van der Waals surface area contributed by atoms with E-state index in [1.54, 1.807) is 12.1 Å². The highest BCUT2D eigenvalue weighted by molar-refractivity contribution is 6.63. The van der Waals surface area contributed by atoms with Gasteiger partial charge in [-0.1, -0.05) is 6.07 Å². The molecule has 0 spiro atoms. The Balaban J connectivity index is 1.57. The predicted molar refractivity (Wildman–Crippen MR) is 108 cm³/mol. The zero-order valence-electron chi connectivity index (χ0n) is 17.4. The summed E-state index contributed by atoms with van der Waals surface area (Å²) in [5.41, 5.74) is -0.876. The minimum Gasteiger partial charge on any atom is -0.454 e. The number of fused-ring (bicyclic) bond motifs is 1. The van der Waals surface area contributed by atoms with E-state index < -0.39 is 36.0 Å². The van der Waals surface area contributed by atoms with Gasteiger partial charge in [-0.05, 0) is 58.0 Å². The Kier molecular flexibility index (Phi) is 4.97. The first kappa shape index (κ1) is 21.5. The Morgan fingerprint density at radius 2 is 1.52 bits per heavy atom. The third kappa shape index (κ3) is 3.85. The molecule has 0 bridgehead atoms. The molecule has 1 amide bonds. The van der Waals surface area contributed by atoms with E-state index >= 15 is 0 Å². The molecule has 0 radical (unpaired) electrons. The first-order valence-corrected chi connectivity index (χ1v) is 9.66. The van der Waals surface area contributed by atoms with Crippen molar-refractivity contribution < 1.29 is 36.7 Å². The van der Waals surface area contributed by atoms with Crippen molar-refractivity contribution in [3.63, 3.8) is 0 Å². The fourth-order valence-corrected chi connectivity index (χ4v) is 3.28. The highest BCUT2D eigenvalue weighted by Gasteiger charge is 2.53. The average Bonchev–Trinajstić information content (AvgIpc) is 3.24. The Morgan fingerprint density at radius 1 is 0.935 bits per heavy atom. The first-order chi connectivity index (χ1) is 14.4. The highest BCUT2D eigenvalue weighted by Crippen LogP contribution is 2.42. The topological polar surface area (TPSA) is 66.0 Å². The molecule has 2 aromatic rings. The van der Waals surface area contributed by atoms with Gasteiger partial charge in [0.2, 0.25) is 6.79 Å². The monoisotopic (exact) mass is 435 g/mol. The van der Waals surface area contributed by atoms with Crippen LogP contribution in [0.4, 0.5) is 18.9 Å². The number of ether oxygens (including phenoxy) is 2. The van der Waals surface area contributed by atoms with Crippen LogP contribution in [-0.4, -0.2) is 31.0 Å². The molecule has 6 nitrogen and oxygen atoms in total. The Morgan fingerprint density at radius 3 is 2.10 bits per heavy atom. The lowest BCUT2D eigenvalue weighted by atomic mass is 9.78. The van der Waals surface area contributed by atoms with Gasteiger partial charge in [-0.3, -0.25) is 4.79 Å². The molecule has 0 aromatic heterocycles. The van der Waals surface area contributed by atoms with Crippen LogP contribution in [0.3, 0.4) is 0 Å². The number of anilines is 1. The molecular weight excluding hydrogens is 414 g/mol. The van der Waals surface area contributed by atoms with Crippen molar-refractivity contribution >= 4 is 24.2 Å². The largest absolute Gasteiger partial charge is 0.498 e. The molecule has 1 N–H and O–H groups in total. The standard InChI is InChI=1S/C21H21BF3NO5/c1-19(2)20(3,4)31-22(30-19)14-9-10-15(17-16(14)28-11-29-17)26-18(27)12-5-7-13(8-6-12)21(23,24)25/h5-10H,11H2,1-4H3,(H,26,27). The average molecular weight is 435 g/mol. The van der Waals surface area contributed by atoms with Crippen LogP contribution in [0.1, 0.15) is 43.6 Å². The lowest BCUT2D eigenvalue weighted by Gasteiger charge is -2.32. The second kappa shape index (κ2) is 7.17. The van der Waals surface area contributed by atoms with Gasteiger partial charge in [-0.15, -0.1) is 0 Å². The van der Waals surface area contributed by atoms with Gasteiger partial charge in [-0.2, -0.15) is 13.2 Å². The van der Waals surface area contributed by atoms with Gasteiger partial charge >= 0.3 is 13.3 Å². The predicted octanol–water partition coefficient (Wildman–Crippen LogP) is 3.99. The van der Waals surface area contributed by atoms with E-state index in [-0.39, 0.29) is 12.4 Å². The Labute approximate surface area is 177 Å². The van der Waals surface area contributed by atoms with Crippen molar-refractivity contribution in [3.8, 4) is 11.5 Å². The summed E-state index contributed by atoms with van der Waals surface area (Å²) >= 11 is 0. The van der Waals surface area contributed by atoms with Crippen LogP contribution in [-0.2, 0) is 15.5 Å². The van der Waals surface area contributed by atoms with Crippen LogP contribution in [0.25, 0.3) is 0 Å². The summed E-state index contributed by atoms with van der Waals surface area (Å²) < 4.78 is 61.5. The number of hydrogen-bond donors (Lipinski definition) is 1. The normalized spacial score (nSPS) is 18.9. The van der Waals surface area contributed by atoms with Gasteiger partial charge in [0.15, 0.2) is 11.5 Å². The van der Waals surface area contributed by atoms with Crippen LogP contribution in [0.2, 0.25) is 0 Å². The summed E-state index contributed by atoms with van der Waals surface area (Å²) in [6.07, 6.45) is -4.47. The number of carbonyl (C=O) groups excluding carboxylic acids is 1. The molecule has 2 aliphatic rings.